The lowest BCUT2D eigenvalue weighted by Gasteiger charge is -1.96. The summed E-state index contributed by atoms with van der Waals surface area (Å²) >= 11 is 11.9. The Kier molecular flexibility index (Phi) is 4.82. The van der Waals surface area contributed by atoms with Crippen molar-refractivity contribution >= 4 is 34.8 Å². The number of pyridine rings is 1. The second kappa shape index (κ2) is 6.59. The lowest BCUT2D eigenvalue weighted by molar-refractivity contribution is -0.139. The van der Waals surface area contributed by atoms with Gasteiger partial charge in [-0.1, -0.05) is 41.4 Å². The molecule has 2 aromatic heterocycles. The van der Waals surface area contributed by atoms with Gasteiger partial charge in [0.2, 0.25) is 0 Å². The van der Waals surface area contributed by atoms with Crippen molar-refractivity contribution in [2.24, 2.45) is 0 Å². The number of aromatic nitrogens is 2. The molecule has 0 atom stereocenters. The van der Waals surface area contributed by atoms with E-state index in [1.54, 1.807) is 35.0 Å². The molecule has 0 aliphatic carbocycles. The standard InChI is InChI=1S/C14H12Cl2N2O2/c1-2-3-4-5-13(19)20-9-11-8-18-7-10(15)6-12(16)14(18)17-11/h2-8H,9H2,1H3/b3-2+,5-4+. The van der Waals surface area contributed by atoms with E-state index in [-0.39, 0.29) is 6.61 Å². The van der Waals surface area contributed by atoms with Gasteiger partial charge < -0.3 is 9.14 Å². The van der Waals surface area contributed by atoms with E-state index < -0.39 is 5.97 Å². The Morgan fingerprint density at radius 3 is 2.95 bits per heavy atom. The normalized spacial score (nSPS) is 11.8. The first-order valence-electron chi connectivity index (χ1n) is 5.89. The second-order valence-corrected chi connectivity index (χ2v) is 4.81. The number of carbonyl (C=O) groups is 1. The zero-order chi connectivity index (χ0) is 14.5. The van der Waals surface area contributed by atoms with Crippen LogP contribution in [0.4, 0.5) is 0 Å². The largest absolute Gasteiger partial charge is 0.456 e. The van der Waals surface area contributed by atoms with Gasteiger partial charge in [0.05, 0.1) is 15.7 Å². The molecule has 0 unspecified atom stereocenters. The van der Waals surface area contributed by atoms with Crippen LogP contribution < -0.4 is 0 Å². The lowest BCUT2D eigenvalue weighted by Crippen LogP contribution is -2.00. The first kappa shape index (κ1) is 14.6. The van der Waals surface area contributed by atoms with Crippen LogP contribution in [0.25, 0.3) is 5.65 Å². The average molecular weight is 311 g/mol. The number of fused-ring (bicyclic) bond motifs is 1. The highest BCUT2D eigenvalue weighted by atomic mass is 35.5. The number of hydrogen-bond acceptors (Lipinski definition) is 3. The van der Waals surface area contributed by atoms with Gasteiger partial charge in [-0.05, 0) is 13.0 Å². The maximum Gasteiger partial charge on any atom is 0.331 e. The van der Waals surface area contributed by atoms with Crippen molar-refractivity contribution in [3.8, 4) is 0 Å². The minimum absolute atomic E-state index is 0.0780. The second-order valence-electron chi connectivity index (χ2n) is 3.96. The van der Waals surface area contributed by atoms with Crippen molar-refractivity contribution in [3.05, 3.63) is 58.5 Å². The quantitative estimate of drug-likeness (QED) is 0.490. The van der Waals surface area contributed by atoms with Crippen molar-refractivity contribution in [3.63, 3.8) is 0 Å². The summed E-state index contributed by atoms with van der Waals surface area (Å²) in [6, 6.07) is 1.61. The first-order chi connectivity index (χ1) is 9.60. The fraction of sp³-hybridized carbons (Fsp3) is 0.143. The molecule has 4 nitrogen and oxygen atoms in total. The van der Waals surface area contributed by atoms with Crippen LogP contribution in [0.3, 0.4) is 0 Å². The molecule has 0 aromatic carbocycles. The van der Waals surface area contributed by atoms with E-state index >= 15 is 0 Å². The number of carbonyl (C=O) groups excluding carboxylic acids is 1. The number of esters is 1. The number of rotatable bonds is 4. The van der Waals surface area contributed by atoms with Gasteiger partial charge in [-0.15, -0.1) is 0 Å². The summed E-state index contributed by atoms with van der Waals surface area (Å²) in [6.07, 6.45) is 9.93. The molecule has 2 rings (SSSR count). The van der Waals surface area contributed by atoms with Crippen molar-refractivity contribution in [1.29, 1.82) is 0 Å². The number of hydrogen-bond donors (Lipinski definition) is 0. The van der Waals surface area contributed by atoms with Crippen LogP contribution >= 0.6 is 23.2 Å². The lowest BCUT2D eigenvalue weighted by atomic mass is 10.4. The molecule has 0 N–H and O–H groups in total. The van der Waals surface area contributed by atoms with Gasteiger partial charge >= 0.3 is 5.97 Å². The predicted molar refractivity (Wildman–Crippen MR) is 79.0 cm³/mol. The molecule has 0 spiro atoms. The highest BCUT2D eigenvalue weighted by molar-refractivity contribution is 6.36. The molecule has 2 heterocycles. The molecule has 0 radical (unpaired) electrons. The number of allylic oxidation sites excluding steroid dienone is 3. The van der Waals surface area contributed by atoms with Crippen molar-refractivity contribution in [2.45, 2.75) is 13.5 Å². The molecule has 0 amide bonds. The molecule has 0 aliphatic rings. The molecular formula is C14H12Cl2N2O2. The average Bonchev–Trinajstić information content (AvgIpc) is 2.80. The Labute approximate surface area is 126 Å². The summed E-state index contributed by atoms with van der Waals surface area (Å²) in [4.78, 5) is 15.7. The Bertz CT molecular complexity index is 690. The van der Waals surface area contributed by atoms with E-state index in [1.165, 1.54) is 6.08 Å². The summed E-state index contributed by atoms with van der Waals surface area (Å²) in [5.74, 6) is -0.427. The Morgan fingerprint density at radius 1 is 1.40 bits per heavy atom. The molecule has 0 saturated heterocycles. The molecular weight excluding hydrogens is 299 g/mol. The summed E-state index contributed by atoms with van der Waals surface area (Å²) in [5.41, 5.74) is 1.17. The zero-order valence-corrected chi connectivity index (χ0v) is 12.2. The molecule has 20 heavy (non-hydrogen) atoms. The zero-order valence-electron chi connectivity index (χ0n) is 10.7. The third kappa shape index (κ3) is 3.62. The first-order valence-corrected chi connectivity index (χ1v) is 6.64. The number of nitrogens with zero attached hydrogens (tertiary/aromatic N) is 2. The topological polar surface area (TPSA) is 43.6 Å². The van der Waals surface area contributed by atoms with E-state index in [2.05, 4.69) is 4.98 Å². The molecule has 0 aliphatic heterocycles. The number of imidazole rings is 1. The molecule has 0 saturated carbocycles. The van der Waals surface area contributed by atoms with Crippen LogP contribution in [0, 0.1) is 0 Å². The minimum atomic E-state index is -0.427. The molecule has 0 fully saturated rings. The van der Waals surface area contributed by atoms with E-state index in [9.17, 15) is 4.79 Å². The third-order valence-electron chi connectivity index (χ3n) is 2.42. The van der Waals surface area contributed by atoms with E-state index in [0.717, 1.165) is 0 Å². The highest BCUT2D eigenvalue weighted by Crippen LogP contribution is 2.21. The van der Waals surface area contributed by atoms with Crippen LogP contribution in [-0.4, -0.2) is 15.4 Å². The predicted octanol–water partition coefficient (Wildman–Crippen LogP) is 3.82. The molecule has 0 bridgehead atoms. The maximum absolute atomic E-state index is 11.4. The van der Waals surface area contributed by atoms with Gasteiger partial charge in [-0.25, -0.2) is 9.78 Å². The highest BCUT2D eigenvalue weighted by Gasteiger charge is 2.08. The summed E-state index contributed by atoms with van der Waals surface area (Å²) < 4.78 is 6.76. The monoisotopic (exact) mass is 310 g/mol. The third-order valence-corrected chi connectivity index (χ3v) is 2.91. The Hall–Kier alpha value is -1.78. The van der Waals surface area contributed by atoms with E-state index in [4.69, 9.17) is 27.9 Å². The van der Waals surface area contributed by atoms with Gasteiger partial charge in [0.1, 0.15) is 6.61 Å². The number of ether oxygens (including phenoxy) is 1. The van der Waals surface area contributed by atoms with Gasteiger partial charge in [-0.2, -0.15) is 0 Å². The van der Waals surface area contributed by atoms with Crippen LogP contribution in [0.5, 0.6) is 0 Å². The van der Waals surface area contributed by atoms with E-state index in [1.807, 2.05) is 13.0 Å². The summed E-state index contributed by atoms with van der Waals surface area (Å²) in [5, 5.41) is 0.959. The van der Waals surface area contributed by atoms with Gasteiger partial charge in [0, 0.05) is 18.5 Å². The SMILES string of the molecule is C/C=C/C=C/C(=O)OCc1cn2cc(Cl)cc(Cl)c2n1. The van der Waals surface area contributed by atoms with Gasteiger partial charge in [0.25, 0.3) is 0 Å². The maximum atomic E-state index is 11.4. The smallest absolute Gasteiger partial charge is 0.331 e. The summed E-state index contributed by atoms with van der Waals surface area (Å²) in [7, 11) is 0. The van der Waals surface area contributed by atoms with Crippen molar-refractivity contribution in [1.82, 2.24) is 9.38 Å². The van der Waals surface area contributed by atoms with Gasteiger partial charge in [-0.3, -0.25) is 0 Å². The number of halogens is 2. The van der Waals surface area contributed by atoms with Crippen LogP contribution in [-0.2, 0) is 16.1 Å². The summed E-state index contributed by atoms with van der Waals surface area (Å²) in [6.45, 7) is 1.94. The van der Waals surface area contributed by atoms with Crippen LogP contribution in [0.2, 0.25) is 10.0 Å². The molecule has 104 valence electrons. The Balaban J connectivity index is 2.07. The van der Waals surface area contributed by atoms with Crippen LogP contribution in [0.1, 0.15) is 12.6 Å². The van der Waals surface area contributed by atoms with Crippen molar-refractivity contribution < 1.29 is 9.53 Å². The molecule has 2 aromatic rings. The minimum Gasteiger partial charge on any atom is -0.456 e. The fourth-order valence-electron chi connectivity index (χ4n) is 1.58. The van der Waals surface area contributed by atoms with Gasteiger partial charge in [0.15, 0.2) is 5.65 Å². The molecule has 6 heteroatoms. The van der Waals surface area contributed by atoms with Crippen LogP contribution in [0.15, 0.2) is 42.8 Å². The van der Waals surface area contributed by atoms with Crippen molar-refractivity contribution in [2.75, 3.05) is 0 Å². The van der Waals surface area contributed by atoms with E-state index in [0.29, 0.717) is 21.4 Å². The Morgan fingerprint density at radius 2 is 2.20 bits per heavy atom. The fourth-order valence-corrected chi connectivity index (χ4v) is 2.11.